The van der Waals surface area contributed by atoms with Gasteiger partial charge in [0.2, 0.25) is 5.16 Å². The Morgan fingerprint density at radius 1 is 0.958 bits per heavy atom. The molecule has 0 saturated heterocycles. The van der Waals surface area contributed by atoms with Crippen LogP contribution >= 0.6 is 11.8 Å². The topological polar surface area (TPSA) is 95.4 Å². The number of rotatable bonds is 4. The van der Waals surface area contributed by atoms with Crippen molar-refractivity contribution in [2.24, 2.45) is 0 Å². The normalized spacial score (nSPS) is 11.0. The molecule has 2 aromatic heterocycles. The summed E-state index contributed by atoms with van der Waals surface area (Å²) in [5.74, 6) is 1.67. The molecule has 2 N–H and O–H groups in total. The second-order valence-corrected chi connectivity index (χ2v) is 5.98. The van der Waals surface area contributed by atoms with E-state index in [0.717, 1.165) is 16.6 Å². The molecule has 2 aromatic carbocycles. The molecule has 24 heavy (non-hydrogen) atoms. The monoisotopic (exact) mass is 335 g/mol. The summed E-state index contributed by atoms with van der Waals surface area (Å²) in [4.78, 5) is 8.92. The van der Waals surface area contributed by atoms with Crippen molar-refractivity contribution in [2.75, 3.05) is 5.73 Å². The van der Waals surface area contributed by atoms with Gasteiger partial charge in [0.15, 0.2) is 0 Å². The molecule has 0 spiro atoms. The maximum absolute atomic E-state index is 6.02. The average molecular weight is 335 g/mol. The molecule has 0 aliphatic rings. The van der Waals surface area contributed by atoms with Gasteiger partial charge in [0.25, 0.3) is 0 Å². The van der Waals surface area contributed by atoms with Gasteiger partial charge in [-0.05, 0) is 34.7 Å². The highest BCUT2D eigenvalue weighted by molar-refractivity contribution is 7.98. The molecule has 0 radical (unpaired) electrons. The number of anilines is 1. The minimum absolute atomic E-state index is 0.485. The third-order valence-electron chi connectivity index (χ3n) is 3.45. The molecule has 0 aliphatic carbocycles. The van der Waals surface area contributed by atoms with Crippen LogP contribution in [0.15, 0.2) is 59.8 Å². The second kappa shape index (κ2) is 6.25. The number of nitrogens with two attached hydrogens (primary N) is 1. The van der Waals surface area contributed by atoms with E-state index in [1.54, 1.807) is 4.68 Å². The molecule has 4 rings (SSSR count). The van der Waals surface area contributed by atoms with Crippen LogP contribution < -0.4 is 5.73 Å². The number of hydrogen-bond acceptors (Lipinski definition) is 7. The lowest BCUT2D eigenvalue weighted by molar-refractivity contribution is 0.756. The van der Waals surface area contributed by atoms with Gasteiger partial charge < -0.3 is 5.73 Å². The number of para-hydroxylation sites is 2. The number of tetrazole rings is 1. The van der Waals surface area contributed by atoms with Crippen LogP contribution in [0.4, 0.5) is 5.82 Å². The molecule has 0 unspecified atom stereocenters. The molecular weight excluding hydrogens is 322 g/mol. The minimum Gasteiger partial charge on any atom is -0.383 e. The summed E-state index contributed by atoms with van der Waals surface area (Å²) in [5, 5.41) is 13.4. The van der Waals surface area contributed by atoms with Gasteiger partial charge in [0, 0.05) is 5.39 Å². The van der Waals surface area contributed by atoms with Gasteiger partial charge in [0.05, 0.1) is 17.0 Å². The molecule has 0 saturated carbocycles. The zero-order chi connectivity index (χ0) is 16.4. The molecule has 2 heterocycles. The highest BCUT2D eigenvalue weighted by Crippen LogP contribution is 2.23. The Morgan fingerprint density at radius 2 is 1.75 bits per heavy atom. The van der Waals surface area contributed by atoms with E-state index in [9.17, 15) is 0 Å². The summed E-state index contributed by atoms with van der Waals surface area (Å²) < 4.78 is 1.69. The van der Waals surface area contributed by atoms with E-state index in [0.29, 0.717) is 22.6 Å². The molecule has 4 aromatic rings. The highest BCUT2D eigenvalue weighted by atomic mass is 32.2. The summed E-state index contributed by atoms with van der Waals surface area (Å²) in [6.07, 6.45) is 0. The van der Waals surface area contributed by atoms with Crippen molar-refractivity contribution < 1.29 is 0 Å². The summed E-state index contributed by atoms with van der Waals surface area (Å²) in [5.41, 5.74) is 7.76. The number of nitrogen functional groups attached to an aromatic ring is 1. The minimum atomic E-state index is 0.485. The smallest absolute Gasteiger partial charge is 0.214 e. The van der Waals surface area contributed by atoms with Crippen LogP contribution in [0.3, 0.4) is 0 Å². The molecule has 0 fully saturated rings. The van der Waals surface area contributed by atoms with Gasteiger partial charge in [-0.1, -0.05) is 42.1 Å². The Bertz CT molecular complexity index is 984. The molecule has 118 valence electrons. The van der Waals surface area contributed by atoms with Crippen molar-refractivity contribution in [3.63, 3.8) is 0 Å². The SMILES string of the molecule is Nc1nc(CSc2nnnn2-c2ccccc2)nc2ccccc12. The predicted octanol–water partition coefficient (Wildman–Crippen LogP) is 2.48. The van der Waals surface area contributed by atoms with Crippen molar-refractivity contribution >= 4 is 28.5 Å². The van der Waals surface area contributed by atoms with Crippen molar-refractivity contribution in [1.29, 1.82) is 0 Å². The van der Waals surface area contributed by atoms with Crippen molar-refractivity contribution in [2.45, 2.75) is 10.9 Å². The van der Waals surface area contributed by atoms with E-state index in [1.165, 1.54) is 11.8 Å². The summed E-state index contributed by atoms with van der Waals surface area (Å²) in [6.45, 7) is 0. The van der Waals surface area contributed by atoms with E-state index in [4.69, 9.17) is 5.73 Å². The molecule has 7 nitrogen and oxygen atoms in total. The first-order valence-corrected chi connectivity index (χ1v) is 8.27. The van der Waals surface area contributed by atoms with Crippen LogP contribution in [0.25, 0.3) is 16.6 Å². The van der Waals surface area contributed by atoms with Crippen molar-refractivity contribution in [3.8, 4) is 5.69 Å². The van der Waals surface area contributed by atoms with Gasteiger partial charge in [-0.3, -0.25) is 0 Å². The Balaban J connectivity index is 1.59. The lowest BCUT2D eigenvalue weighted by Gasteiger charge is -2.06. The Morgan fingerprint density at radius 3 is 2.62 bits per heavy atom. The fraction of sp³-hybridized carbons (Fsp3) is 0.0625. The predicted molar refractivity (Wildman–Crippen MR) is 92.7 cm³/mol. The van der Waals surface area contributed by atoms with Crippen molar-refractivity contribution in [1.82, 2.24) is 30.2 Å². The van der Waals surface area contributed by atoms with Crippen LogP contribution in [0.2, 0.25) is 0 Å². The first-order valence-electron chi connectivity index (χ1n) is 7.29. The zero-order valence-electron chi connectivity index (χ0n) is 12.6. The molecular formula is C16H13N7S. The highest BCUT2D eigenvalue weighted by Gasteiger charge is 2.11. The second-order valence-electron chi connectivity index (χ2n) is 5.04. The van der Waals surface area contributed by atoms with Gasteiger partial charge in [-0.2, -0.15) is 4.68 Å². The molecule has 8 heteroatoms. The van der Waals surface area contributed by atoms with Gasteiger partial charge in [-0.15, -0.1) is 5.10 Å². The number of hydrogen-bond donors (Lipinski definition) is 1. The summed E-state index contributed by atoms with van der Waals surface area (Å²) in [6, 6.07) is 17.4. The standard InChI is InChI=1S/C16H13N7S/c17-15-12-8-4-5-9-13(12)18-14(19-15)10-24-16-20-21-22-23(16)11-6-2-1-3-7-11/h1-9H,10H2,(H2,17,18,19). The third kappa shape index (κ3) is 2.79. The Labute approximate surface area is 141 Å². The maximum atomic E-state index is 6.02. The molecule has 0 aliphatic heterocycles. The summed E-state index contributed by atoms with van der Waals surface area (Å²) in [7, 11) is 0. The van der Waals surface area contributed by atoms with Crippen molar-refractivity contribution in [3.05, 3.63) is 60.4 Å². The zero-order valence-corrected chi connectivity index (χ0v) is 13.4. The van der Waals surface area contributed by atoms with E-state index in [-0.39, 0.29) is 0 Å². The fourth-order valence-electron chi connectivity index (χ4n) is 2.34. The van der Waals surface area contributed by atoms with Gasteiger partial charge in [0.1, 0.15) is 11.6 Å². The first-order chi connectivity index (χ1) is 11.8. The Kier molecular flexibility index (Phi) is 3.80. The number of fused-ring (bicyclic) bond motifs is 1. The first kappa shape index (κ1) is 14.6. The number of nitrogens with zero attached hydrogens (tertiary/aromatic N) is 6. The summed E-state index contributed by atoms with van der Waals surface area (Å²) >= 11 is 1.47. The van der Waals surface area contributed by atoms with Crippen LogP contribution in [0.1, 0.15) is 5.82 Å². The van der Waals surface area contributed by atoms with Crippen LogP contribution in [0.5, 0.6) is 0 Å². The number of benzene rings is 2. The molecule has 0 amide bonds. The quantitative estimate of drug-likeness (QED) is 0.572. The van der Waals surface area contributed by atoms with Gasteiger partial charge >= 0.3 is 0 Å². The fourth-order valence-corrected chi connectivity index (χ4v) is 3.09. The molecule has 0 bridgehead atoms. The van der Waals surface area contributed by atoms with Crippen LogP contribution in [-0.4, -0.2) is 30.2 Å². The lowest BCUT2D eigenvalue weighted by Crippen LogP contribution is -2.02. The van der Waals surface area contributed by atoms with E-state index in [2.05, 4.69) is 25.5 Å². The Hall–Kier alpha value is -3.00. The third-order valence-corrected chi connectivity index (χ3v) is 4.37. The van der Waals surface area contributed by atoms with E-state index >= 15 is 0 Å². The van der Waals surface area contributed by atoms with E-state index < -0.39 is 0 Å². The van der Waals surface area contributed by atoms with Crippen LogP contribution in [0, 0.1) is 0 Å². The average Bonchev–Trinajstić information content (AvgIpc) is 3.09. The molecule has 0 atom stereocenters. The van der Waals surface area contributed by atoms with Gasteiger partial charge in [-0.25, -0.2) is 9.97 Å². The van der Waals surface area contributed by atoms with Crippen LogP contribution in [-0.2, 0) is 5.75 Å². The largest absolute Gasteiger partial charge is 0.383 e. The van der Waals surface area contributed by atoms with E-state index in [1.807, 2.05) is 54.6 Å². The number of thioether (sulfide) groups is 1. The maximum Gasteiger partial charge on any atom is 0.214 e. The lowest BCUT2D eigenvalue weighted by atomic mass is 10.2. The number of aromatic nitrogens is 6.